The number of carbonyl (C=O) groups is 1. The molecule has 0 bridgehead atoms. The average Bonchev–Trinajstić information content (AvgIpc) is 2.35. The Morgan fingerprint density at radius 3 is 3.00 bits per heavy atom. The standard InChI is InChI=1S/C13H26N2O3/c1-3-18-9-7-14-13(17)10-15-8-5-4-6-12(15)11(2)16/h11-12,16H,3-10H2,1-2H3,(H,14,17). The Bertz CT molecular complexity index is 246. The third kappa shape index (κ3) is 5.33. The maximum atomic E-state index is 11.8. The van der Waals surface area contributed by atoms with Crippen LogP contribution in [0.5, 0.6) is 0 Å². The summed E-state index contributed by atoms with van der Waals surface area (Å²) in [7, 11) is 0. The van der Waals surface area contributed by atoms with Crippen LogP contribution in [0.25, 0.3) is 0 Å². The Kier molecular flexibility index (Phi) is 7.23. The summed E-state index contributed by atoms with van der Waals surface area (Å²) in [4.78, 5) is 13.8. The number of likely N-dealkylation sites (tertiary alicyclic amines) is 1. The van der Waals surface area contributed by atoms with Gasteiger partial charge in [-0.3, -0.25) is 9.69 Å². The van der Waals surface area contributed by atoms with Gasteiger partial charge in [0.15, 0.2) is 0 Å². The molecule has 1 amide bonds. The van der Waals surface area contributed by atoms with Gasteiger partial charge in [-0.15, -0.1) is 0 Å². The Labute approximate surface area is 109 Å². The third-order valence-corrected chi connectivity index (χ3v) is 3.34. The van der Waals surface area contributed by atoms with E-state index in [-0.39, 0.29) is 18.1 Å². The van der Waals surface area contributed by atoms with E-state index >= 15 is 0 Å². The lowest BCUT2D eigenvalue weighted by molar-refractivity contribution is -0.124. The van der Waals surface area contributed by atoms with Crippen LogP contribution in [0.4, 0.5) is 0 Å². The van der Waals surface area contributed by atoms with Crippen LogP contribution in [0.15, 0.2) is 0 Å². The molecule has 5 nitrogen and oxygen atoms in total. The largest absolute Gasteiger partial charge is 0.392 e. The summed E-state index contributed by atoms with van der Waals surface area (Å²) in [5, 5.41) is 12.6. The van der Waals surface area contributed by atoms with E-state index in [0.717, 1.165) is 25.8 Å². The summed E-state index contributed by atoms with van der Waals surface area (Å²) < 4.78 is 5.16. The van der Waals surface area contributed by atoms with Gasteiger partial charge in [0.2, 0.25) is 5.91 Å². The predicted octanol–water partition coefficient (Wildman–Crippen LogP) is 0.374. The highest BCUT2D eigenvalue weighted by molar-refractivity contribution is 5.78. The molecule has 5 heteroatoms. The van der Waals surface area contributed by atoms with Crippen molar-refractivity contribution in [2.24, 2.45) is 0 Å². The number of hydrogen-bond donors (Lipinski definition) is 2. The number of nitrogens with one attached hydrogen (secondary N) is 1. The number of carbonyl (C=O) groups excluding carboxylic acids is 1. The fourth-order valence-corrected chi connectivity index (χ4v) is 2.41. The van der Waals surface area contributed by atoms with E-state index in [0.29, 0.717) is 26.3 Å². The number of aliphatic hydroxyl groups excluding tert-OH is 1. The van der Waals surface area contributed by atoms with Crippen LogP contribution in [0.2, 0.25) is 0 Å². The van der Waals surface area contributed by atoms with Gasteiger partial charge < -0.3 is 15.2 Å². The molecule has 0 aromatic rings. The lowest BCUT2D eigenvalue weighted by Gasteiger charge is -2.36. The summed E-state index contributed by atoms with van der Waals surface area (Å²) in [6.45, 7) is 6.79. The quantitative estimate of drug-likeness (QED) is 0.648. The smallest absolute Gasteiger partial charge is 0.234 e. The van der Waals surface area contributed by atoms with Gasteiger partial charge in [-0.2, -0.15) is 0 Å². The van der Waals surface area contributed by atoms with Gasteiger partial charge in [-0.05, 0) is 33.2 Å². The maximum Gasteiger partial charge on any atom is 0.234 e. The highest BCUT2D eigenvalue weighted by atomic mass is 16.5. The van der Waals surface area contributed by atoms with Crippen LogP contribution in [0.1, 0.15) is 33.1 Å². The SMILES string of the molecule is CCOCCNC(=O)CN1CCCCC1C(C)O. The van der Waals surface area contributed by atoms with E-state index in [4.69, 9.17) is 4.74 Å². The molecular weight excluding hydrogens is 232 g/mol. The van der Waals surface area contributed by atoms with E-state index < -0.39 is 0 Å². The zero-order valence-electron chi connectivity index (χ0n) is 11.5. The van der Waals surface area contributed by atoms with Gasteiger partial charge in [0.1, 0.15) is 0 Å². The second kappa shape index (κ2) is 8.45. The molecule has 2 atom stereocenters. The number of ether oxygens (including phenoxy) is 1. The highest BCUT2D eigenvalue weighted by Gasteiger charge is 2.27. The Morgan fingerprint density at radius 1 is 1.56 bits per heavy atom. The molecule has 2 unspecified atom stereocenters. The van der Waals surface area contributed by atoms with E-state index in [1.54, 1.807) is 6.92 Å². The number of piperidine rings is 1. The van der Waals surface area contributed by atoms with Crippen LogP contribution in [0, 0.1) is 0 Å². The van der Waals surface area contributed by atoms with E-state index in [1.165, 1.54) is 0 Å². The summed E-state index contributed by atoms with van der Waals surface area (Å²) in [6, 6.07) is 0.122. The molecule has 0 aromatic carbocycles. The van der Waals surface area contributed by atoms with Gasteiger partial charge in [-0.1, -0.05) is 6.42 Å². The van der Waals surface area contributed by atoms with E-state index in [2.05, 4.69) is 10.2 Å². The van der Waals surface area contributed by atoms with Crippen LogP contribution < -0.4 is 5.32 Å². The summed E-state index contributed by atoms with van der Waals surface area (Å²) >= 11 is 0. The van der Waals surface area contributed by atoms with Crippen LogP contribution in [-0.2, 0) is 9.53 Å². The zero-order chi connectivity index (χ0) is 13.4. The highest BCUT2D eigenvalue weighted by Crippen LogP contribution is 2.19. The van der Waals surface area contributed by atoms with E-state index in [1.807, 2.05) is 6.92 Å². The molecule has 1 fully saturated rings. The average molecular weight is 258 g/mol. The molecule has 1 aliphatic rings. The van der Waals surface area contributed by atoms with Crippen molar-refractivity contribution in [2.45, 2.75) is 45.3 Å². The topological polar surface area (TPSA) is 61.8 Å². The number of rotatable bonds is 7. The fourth-order valence-electron chi connectivity index (χ4n) is 2.41. The minimum absolute atomic E-state index is 0.0160. The lowest BCUT2D eigenvalue weighted by Crippen LogP contribution is -2.50. The summed E-state index contributed by atoms with van der Waals surface area (Å²) in [6.07, 6.45) is 2.85. The maximum absolute atomic E-state index is 11.8. The Hall–Kier alpha value is -0.650. The molecule has 1 rings (SSSR count). The van der Waals surface area contributed by atoms with Gasteiger partial charge in [0, 0.05) is 19.2 Å². The second-order valence-corrected chi connectivity index (χ2v) is 4.82. The van der Waals surface area contributed by atoms with Crippen molar-refractivity contribution >= 4 is 5.91 Å². The fraction of sp³-hybridized carbons (Fsp3) is 0.923. The number of amides is 1. The number of hydrogen-bond acceptors (Lipinski definition) is 4. The molecule has 1 heterocycles. The Morgan fingerprint density at radius 2 is 2.33 bits per heavy atom. The van der Waals surface area contributed by atoms with Crippen molar-refractivity contribution in [3.05, 3.63) is 0 Å². The van der Waals surface area contributed by atoms with Gasteiger partial charge in [0.05, 0.1) is 19.3 Å². The zero-order valence-corrected chi connectivity index (χ0v) is 11.5. The first kappa shape index (κ1) is 15.4. The van der Waals surface area contributed by atoms with Crippen molar-refractivity contribution in [1.29, 1.82) is 0 Å². The molecule has 18 heavy (non-hydrogen) atoms. The first-order valence-electron chi connectivity index (χ1n) is 6.91. The molecule has 0 aromatic heterocycles. The minimum atomic E-state index is -0.374. The molecule has 0 saturated carbocycles. The van der Waals surface area contributed by atoms with Crippen molar-refractivity contribution in [1.82, 2.24) is 10.2 Å². The normalized spacial score (nSPS) is 22.7. The predicted molar refractivity (Wildman–Crippen MR) is 70.4 cm³/mol. The number of aliphatic hydroxyl groups is 1. The molecule has 0 spiro atoms. The molecule has 1 aliphatic heterocycles. The van der Waals surface area contributed by atoms with Crippen LogP contribution in [0.3, 0.4) is 0 Å². The van der Waals surface area contributed by atoms with Gasteiger partial charge >= 0.3 is 0 Å². The Balaban J connectivity index is 2.28. The molecule has 0 radical (unpaired) electrons. The first-order valence-corrected chi connectivity index (χ1v) is 6.91. The van der Waals surface area contributed by atoms with E-state index in [9.17, 15) is 9.90 Å². The lowest BCUT2D eigenvalue weighted by atomic mass is 9.98. The molecule has 0 aliphatic carbocycles. The third-order valence-electron chi connectivity index (χ3n) is 3.34. The monoisotopic (exact) mass is 258 g/mol. The van der Waals surface area contributed by atoms with Crippen molar-refractivity contribution in [3.63, 3.8) is 0 Å². The summed E-state index contributed by atoms with van der Waals surface area (Å²) in [5.41, 5.74) is 0. The van der Waals surface area contributed by atoms with Crippen molar-refractivity contribution < 1.29 is 14.6 Å². The van der Waals surface area contributed by atoms with Crippen LogP contribution >= 0.6 is 0 Å². The van der Waals surface area contributed by atoms with Gasteiger partial charge in [0.25, 0.3) is 0 Å². The molecule has 1 saturated heterocycles. The van der Waals surface area contributed by atoms with Crippen molar-refractivity contribution in [2.75, 3.05) is 32.8 Å². The minimum Gasteiger partial charge on any atom is -0.392 e. The summed E-state index contributed by atoms with van der Waals surface area (Å²) in [5.74, 6) is 0.0160. The molecular formula is C13H26N2O3. The number of nitrogens with zero attached hydrogens (tertiary/aromatic N) is 1. The first-order chi connectivity index (χ1) is 8.65. The van der Waals surface area contributed by atoms with Crippen molar-refractivity contribution in [3.8, 4) is 0 Å². The second-order valence-electron chi connectivity index (χ2n) is 4.82. The molecule has 2 N–H and O–H groups in total. The van der Waals surface area contributed by atoms with Gasteiger partial charge in [-0.25, -0.2) is 0 Å². The van der Waals surface area contributed by atoms with Crippen LogP contribution in [-0.4, -0.2) is 60.9 Å². The molecule has 106 valence electrons.